The molecule has 0 saturated heterocycles. The van der Waals surface area contributed by atoms with E-state index in [2.05, 4.69) is 37.2 Å². The van der Waals surface area contributed by atoms with Gasteiger partial charge in [0.1, 0.15) is 6.07 Å². The van der Waals surface area contributed by atoms with Crippen molar-refractivity contribution in [2.24, 2.45) is 0 Å². The van der Waals surface area contributed by atoms with Gasteiger partial charge in [-0.05, 0) is 52.3 Å². The smallest absolute Gasteiger partial charge is 0.256 e. The number of carbonyl (C=O) groups excluding carboxylic acids is 1. The van der Waals surface area contributed by atoms with Gasteiger partial charge in [-0.2, -0.15) is 5.26 Å². The maximum Gasteiger partial charge on any atom is 0.256 e. The molecule has 2 aromatic carbocycles. The molecule has 0 radical (unpaired) electrons. The lowest BCUT2D eigenvalue weighted by Gasteiger charge is -2.08. The van der Waals surface area contributed by atoms with Crippen LogP contribution in [0.3, 0.4) is 0 Å². The van der Waals surface area contributed by atoms with Gasteiger partial charge in [-0.25, -0.2) is 0 Å². The zero-order valence-electron chi connectivity index (χ0n) is 9.95. The first-order chi connectivity index (χ1) is 9.51. The van der Waals surface area contributed by atoms with E-state index >= 15 is 0 Å². The van der Waals surface area contributed by atoms with Crippen molar-refractivity contribution in [3.8, 4) is 6.07 Å². The van der Waals surface area contributed by atoms with E-state index in [9.17, 15) is 4.79 Å². The van der Waals surface area contributed by atoms with Gasteiger partial charge in [0.05, 0.1) is 16.1 Å². The van der Waals surface area contributed by atoms with Crippen molar-refractivity contribution in [3.05, 3.63) is 61.5 Å². The number of halogens is 3. The van der Waals surface area contributed by atoms with Crippen LogP contribution in [0.2, 0.25) is 5.02 Å². The van der Waals surface area contributed by atoms with Crippen molar-refractivity contribution in [2.45, 2.75) is 0 Å². The summed E-state index contributed by atoms with van der Waals surface area (Å²) < 4.78 is 1.50. The van der Waals surface area contributed by atoms with Gasteiger partial charge in [0.15, 0.2) is 0 Å². The Labute approximate surface area is 137 Å². The van der Waals surface area contributed by atoms with E-state index in [0.717, 1.165) is 4.47 Å². The van der Waals surface area contributed by atoms with Gasteiger partial charge >= 0.3 is 0 Å². The molecule has 0 aliphatic heterocycles. The number of anilines is 1. The topological polar surface area (TPSA) is 52.9 Å². The maximum absolute atomic E-state index is 12.2. The highest BCUT2D eigenvalue weighted by Crippen LogP contribution is 2.24. The van der Waals surface area contributed by atoms with Crippen LogP contribution in [-0.2, 0) is 0 Å². The Balaban J connectivity index is 2.26. The molecule has 1 amide bonds. The molecule has 2 aromatic rings. The lowest BCUT2D eigenvalue weighted by atomic mass is 10.2. The maximum atomic E-state index is 12.2. The molecule has 100 valence electrons. The van der Waals surface area contributed by atoms with E-state index in [0.29, 0.717) is 26.3 Å². The Morgan fingerprint density at radius 3 is 2.60 bits per heavy atom. The van der Waals surface area contributed by atoms with E-state index in [4.69, 9.17) is 16.9 Å². The van der Waals surface area contributed by atoms with Gasteiger partial charge in [0.25, 0.3) is 5.91 Å². The number of hydrogen-bond acceptors (Lipinski definition) is 2. The fourth-order valence-electron chi connectivity index (χ4n) is 1.55. The summed E-state index contributed by atoms with van der Waals surface area (Å²) in [7, 11) is 0. The fraction of sp³-hybridized carbons (Fsp3) is 0. The fourth-order valence-corrected chi connectivity index (χ4v) is 2.56. The monoisotopic (exact) mass is 412 g/mol. The third kappa shape index (κ3) is 3.40. The zero-order chi connectivity index (χ0) is 14.7. The van der Waals surface area contributed by atoms with Crippen LogP contribution < -0.4 is 5.32 Å². The van der Waals surface area contributed by atoms with Crippen LogP contribution in [-0.4, -0.2) is 5.91 Å². The van der Waals surface area contributed by atoms with Gasteiger partial charge in [-0.1, -0.05) is 27.5 Å². The predicted octanol–water partition coefficient (Wildman–Crippen LogP) is 4.99. The summed E-state index contributed by atoms with van der Waals surface area (Å²) >= 11 is 12.6. The van der Waals surface area contributed by atoms with Crippen LogP contribution in [0.25, 0.3) is 0 Å². The van der Waals surface area contributed by atoms with Crippen molar-refractivity contribution in [3.63, 3.8) is 0 Å². The quantitative estimate of drug-likeness (QED) is 0.753. The Morgan fingerprint density at radius 2 is 1.95 bits per heavy atom. The Hall–Kier alpha value is -1.35. The van der Waals surface area contributed by atoms with Gasteiger partial charge in [-0.15, -0.1) is 0 Å². The Bertz CT molecular complexity index is 726. The SMILES string of the molecule is N#Cc1ccc(NC(=O)c2cc(Br)ccc2Br)cc1Cl. The van der Waals surface area contributed by atoms with Crippen molar-refractivity contribution in [1.29, 1.82) is 5.26 Å². The van der Waals surface area contributed by atoms with Crippen molar-refractivity contribution < 1.29 is 4.79 Å². The van der Waals surface area contributed by atoms with Gasteiger partial charge < -0.3 is 5.32 Å². The van der Waals surface area contributed by atoms with Gasteiger partial charge in [0.2, 0.25) is 0 Å². The lowest BCUT2D eigenvalue weighted by Crippen LogP contribution is -2.12. The minimum atomic E-state index is -0.265. The van der Waals surface area contributed by atoms with E-state index in [1.807, 2.05) is 12.1 Å². The third-order valence-electron chi connectivity index (χ3n) is 2.52. The number of carbonyl (C=O) groups is 1. The summed E-state index contributed by atoms with van der Waals surface area (Å²) in [6.07, 6.45) is 0. The Kier molecular flexibility index (Phi) is 4.81. The second-order valence-electron chi connectivity index (χ2n) is 3.88. The van der Waals surface area contributed by atoms with Crippen molar-refractivity contribution in [1.82, 2.24) is 0 Å². The molecule has 0 heterocycles. The molecule has 0 aromatic heterocycles. The van der Waals surface area contributed by atoms with Gasteiger partial charge in [0, 0.05) is 14.6 Å². The molecule has 0 aliphatic carbocycles. The standard InChI is InChI=1S/C14H7Br2ClN2O/c15-9-2-4-12(16)11(5-9)14(20)19-10-3-1-8(7-18)13(17)6-10/h1-6H,(H,19,20). The second kappa shape index (κ2) is 6.40. The molecule has 2 rings (SSSR count). The first-order valence-corrected chi connectivity index (χ1v) is 7.43. The number of nitrogens with one attached hydrogen (secondary N) is 1. The first kappa shape index (κ1) is 15.0. The number of hydrogen-bond donors (Lipinski definition) is 1. The number of amides is 1. The van der Waals surface area contributed by atoms with Crippen molar-refractivity contribution in [2.75, 3.05) is 5.32 Å². The zero-order valence-corrected chi connectivity index (χ0v) is 13.9. The number of nitrogens with zero attached hydrogens (tertiary/aromatic N) is 1. The molecular formula is C14H7Br2ClN2O. The van der Waals surface area contributed by atoms with E-state index in [1.54, 1.807) is 30.3 Å². The molecule has 0 spiro atoms. The molecule has 6 heteroatoms. The van der Waals surface area contributed by atoms with Gasteiger partial charge in [-0.3, -0.25) is 4.79 Å². The number of rotatable bonds is 2. The van der Waals surface area contributed by atoms with Crippen LogP contribution in [0.15, 0.2) is 45.3 Å². The van der Waals surface area contributed by atoms with Crippen LogP contribution in [0.1, 0.15) is 15.9 Å². The molecule has 0 fully saturated rings. The molecule has 0 atom stereocenters. The first-order valence-electron chi connectivity index (χ1n) is 5.47. The molecule has 1 N–H and O–H groups in total. The largest absolute Gasteiger partial charge is 0.322 e. The van der Waals surface area contributed by atoms with E-state index in [1.165, 1.54) is 0 Å². The molecule has 0 saturated carbocycles. The molecule has 0 unspecified atom stereocenters. The third-order valence-corrected chi connectivity index (χ3v) is 4.02. The van der Waals surface area contributed by atoms with Crippen LogP contribution in [0.5, 0.6) is 0 Å². The van der Waals surface area contributed by atoms with Crippen LogP contribution >= 0.6 is 43.5 Å². The highest BCUT2D eigenvalue weighted by atomic mass is 79.9. The summed E-state index contributed by atoms with van der Waals surface area (Å²) in [5.41, 5.74) is 1.40. The van der Waals surface area contributed by atoms with Crippen LogP contribution in [0.4, 0.5) is 5.69 Å². The minimum absolute atomic E-state index is 0.265. The normalized spacial score (nSPS) is 9.90. The average Bonchev–Trinajstić information content (AvgIpc) is 2.41. The summed E-state index contributed by atoms with van der Waals surface area (Å²) in [4.78, 5) is 12.2. The molecule has 0 bridgehead atoms. The summed E-state index contributed by atoms with van der Waals surface area (Å²) in [5, 5.41) is 11.8. The highest BCUT2D eigenvalue weighted by molar-refractivity contribution is 9.11. The van der Waals surface area contributed by atoms with Crippen molar-refractivity contribution >= 4 is 55.1 Å². The summed E-state index contributed by atoms with van der Waals surface area (Å²) in [5.74, 6) is -0.265. The highest BCUT2D eigenvalue weighted by Gasteiger charge is 2.11. The Morgan fingerprint density at radius 1 is 1.20 bits per heavy atom. The van der Waals surface area contributed by atoms with Crippen LogP contribution in [0, 0.1) is 11.3 Å². The van der Waals surface area contributed by atoms with E-state index < -0.39 is 0 Å². The second-order valence-corrected chi connectivity index (χ2v) is 6.06. The molecular weight excluding hydrogens is 407 g/mol. The summed E-state index contributed by atoms with van der Waals surface area (Å²) in [6, 6.07) is 12.0. The number of nitriles is 1. The molecule has 3 nitrogen and oxygen atoms in total. The average molecular weight is 414 g/mol. The lowest BCUT2D eigenvalue weighted by molar-refractivity contribution is 0.102. The minimum Gasteiger partial charge on any atom is -0.322 e. The predicted molar refractivity (Wildman–Crippen MR) is 86.0 cm³/mol. The number of benzene rings is 2. The molecule has 20 heavy (non-hydrogen) atoms. The summed E-state index contributed by atoms with van der Waals surface area (Å²) in [6.45, 7) is 0. The molecule has 0 aliphatic rings. The van der Waals surface area contributed by atoms with E-state index in [-0.39, 0.29) is 5.91 Å².